The van der Waals surface area contributed by atoms with Gasteiger partial charge in [0.05, 0.1) is 12.8 Å². The largest absolute Gasteiger partial charge is 0.497 e. The first kappa shape index (κ1) is 27.7. The van der Waals surface area contributed by atoms with Crippen molar-refractivity contribution in [1.29, 1.82) is 0 Å². The molecular formula is C33H36ClN5O. The van der Waals surface area contributed by atoms with Gasteiger partial charge in [-0.1, -0.05) is 24.3 Å². The van der Waals surface area contributed by atoms with Crippen LogP contribution in [0.4, 0.5) is 5.82 Å². The summed E-state index contributed by atoms with van der Waals surface area (Å²) >= 11 is 0. The number of nitrogens with zero attached hydrogens (tertiary/aromatic N) is 4. The number of methoxy groups -OCH3 is 1. The lowest BCUT2D eigenvalue weighted by Crippen LogP contribution is -2.43. The Morgan fingerprint density at radius 2 is 1.52 bits per heavy atom. The molecule has 0 saturated carbocycles. The van der Waals surface area contributed by atoms with Crippen LogP contribution in [0.3, 0.4) is 0 Å². The van der Waals surface area contributed by atoms with E-state index in [-0.39, 0.29) is 12.4 Å². The predicted molar refractivity (Wildman–Crippen MR) is 167 cm³/mol. The Morgan fingerprint density at radius 3 is 2.17 bits per heavy atom. The smallest absolute Gasteiger partial charge is 0.128 e. The summed E-state index contributed by atoms with van der Waals surface area (Å²) in [6.45, 7) is 11.1. The van der Waals surface area contributed by atoms with E-state index in [0.717, 1.165) is 61.2 Å². The SMILES string of the molecule is COc1ccc(Cn2c(-c3cc(C)nc(C)c3)c(C)c3ccc(-c4ccc(N5CCNCC5)nc4)cc32)cc1.Cl. The summed E-state index contributed by atoms with van der Waals surface area (Å²) in [4.78, 5) is 11.8. The molecule has 7 heteroatoms. The molecule has 4 heterocycles. The quantitative estimate of drug-likeness (QED) is 0.257. The summed E-state index contributed by atoms with van der Waals surface area (Å²) in [5, 5.41) is 4.67. The van der Waals surface area contributed by atoms with Gasteiger partial charge in [0.2, 0.25) is 0 Å². The molecule has 0 radical (unpaired) electrons. The average molecular weight is 554 g/mol. The van der Waals surface area contributed by atoms with E-state index in [1.807, 2.05) is 18.3 Å². The fourth-order valence-corrected chi connectivity index (χ4v) is 5.76. The number of halogens is 1. The number of hydrogen-bond acceptors (Lipinski definition) is 5. The van der Waals surface area contributed by atoms with Gasteiger partial charge in [0, 0.05) is 72.3 Å². The van der Waals surface area contributed by atoms with Crippen molar-refractivity contribution in [3.63, 3.8) is 0 Å². The lowest BCUT2D eigenvalue weighted by Gasteiger charge is -2.28. The molecule has 0 bridgehead atoms. The van der Waals surface area contributed by atoms with Gasteiger partial charge >= 0.3 is 0 Å². The Balaban J connectivity index is 0.00000323. The second-order valence-corrected chi connectivity index (χ2v) is 10.4. The number of piperazine rings is 1. The van der Waals surface area contributed by atoms with Crippen LogP contribution in [0.25, 0.3) is 33.3 Å². The third kappa shape index (κ3) is 5.42. The van der Waals surface area contributed by atoms with Crippen LogP contribution in [0.2, 0.25) is 0 Å². The van der Waals surface area contributed by atoms with E-state index >= 15 is 0 Å². The number of aryl methyl sites for hydroxylation is 3. The standard InChI is InChI=1S/C33H35N5O.ClH/c1-22-17-28(18-23(2)36-22)33-24(3)30-11-7-26(27-8-12-32(35-20-27)37-15-13-34-14-16-37)19-31(30)38(33)21-25-5-9-29(39-4)10-6-25;/h5-12,17-20,34H,13-16,21H2,1-4H3;1H. The number of benzene rings is 2. The molecule has 0 aliphatic carbocycles. The van der Waals surface area contributed by atoms with Crippen molar-refractivity contribution in [3.8, 4) is 28.1 Å². The van der Waals surface area contributed by atoms with Crippen LogP contribution < -0.4 is 15.0 Å². The van der Waals surface area contributed by atoms with Crippen LogP contribution in [0.15, 0.2) is 72.9 Å². The summed E-state index contributed by atoms with van der Waals surface area (Å²) in [6, 6.07) is 23.9. The molecule has 1 fully saturated rings. The van der Waals surface area contributed by atoms with Crippen molar-refractivity contribution < 1.29 is 4.74 Å². The van der Waals surface area contributed by atoms with Crippen LogP contribution in [0.1, 0.15) is 22.5 Å². The molecule has 5 aromatic rings. The molecule has 0 unspecified atom stereocenters. The molecule has 1 aliphatic heterocycles. The summed E-state index contributed by atoms with van der Waals surface area (Å²) in [5.74, 6) is 1.91. The molecule has 2 aromatic carbocycles. The van der Waals surface area contributed by atoms with Crippen LogP contribution in [0, 0.1) is 20.8 Å². The van der Waals surface area contributed by atoms with Gasteiger partial charge in [0.1, 0.15) is 11.6 Å². The first-order valence-electron chi connectivity index (χ1n) is 13.6. The topological polar surface area (TPSA) is 55.2 Å². The van der Waals surface area contributed by atoms with Crippen molar-refractivity contribution in [2.24, 2.45) is 0 Å². The summed E-state index contributed by atoms with van der Waals surface area (Å²) in [5.41, 5.74) is 10.5. The highest BCUT2D eigenvalue weighted by Crippen LogP contribution is 2.37. The second-order valence-electron chi connectivity index (χ2n) is 10.4. The van der Waals surface area contributed by atoms with Gasteiger partial charge in [0.25, 0.3) is 0 Å². The molecule has 40 heavy (non-hydrogen) atoms. The Kier molecular flexibility index (Phi) is 8.10. The number of rotatable bonds is 6. The number of ether oxygens (including phenoxy) is 1. The van der Waals surface area contributed by atoms with E-state index in [4.69, 9.17) is 9.72 Å². The molecule has 1 N–H and O–H groups in total. The molecule has 0 atom stereocenters. The summed E-state index contributed by atoms with van der Waals surface area (Å²) in [6.07, 6.45) is 2.01. The van der Waals surface area contributed by atoms with Crippen molar-refractivity contribution in [2.45, 2.75) is 27.3 Å². The number of anilines is 1. The Morgan fingerprint density at radius 1 is 0.825 bits per heavy atom. The highest BCUT2D eigenvalue weighted by molar-refractivity contribution is 5.94. The lowest BCUT2D eigenvalue weighted by molar-refractivity contribution is 0.414. The van der Waals surface area contributed by atoms with Gasteiger partial charge in [-0.3, -0.25) is 4.98 Å². The molecule has 1 aliphatic rings. The minimum Gasteiger partial charge on any atom is -0.497 e. The summed E-state index contributed by atoms with van der Waals surface area (Å²) in [7, 11) is 1.71. The van der Waals surface area contributed by atoms with Gasteiger partial charge in [-0.2, -0.15) is 0 Å². The molecule has 1 saturated heterocycles. The highest BCUT2D eigenvalue weighted by Gasteiger charge is 2.18. The van der Waals surface area contributed by atoms with Gasteiger partial charge in [-0.05, 0) is 79.9 Å². The Hall–Kier alpha value is -3.87. The van der Waals surface area contributed by atoms with Crippen molar-refractivity contribution in [2.75, 3.05) is 38.2 Å². The maximum atomic E-state index is 5.40. The molecule has 3 aromatic heterocycles. The zero-order chi connectivity index (χ0) is 26.9. The number of fused-ring (bicyclic) bond motifs is 1. The molecule has 0 amide bonds. The van der Waals surface area contributed by atoms with Crippen LogP contribution >= 0.6 is 12.4 Å². The van der Waals surface area contributed by atoms with Crippen molar-refractivity contribution in [3.05, 3.63) is 95.4 Å². The maximum absolute atomic E-state index is 5.40. The monoisotopic (exact) mass is 553 g/mol. The first-order valence-corrected chi connectivity index (χ1v) is 13.6. The van der Waals surface area contributed by atoms with Gasteiger partial charge in [0.15, 0.2) is 0 Å². The Labute approximate surface area is 242 Å². The van der Waals surface area contributed by atoms with Gasteiger partial charge < -0.3 is 19.5 Å². The minimum atomic E-state index is 0. The zero-order valence-electron chi connectivity index (χ0n) is 23.6. The third-order valence-corrected chi connectivity index (χ3v) is 7.69. The summed E-state index contributed by atoms with van der Waals surface area (Å²) < 4.78 is 7.85. The van der Waals surface area contributed by atoms with E-state index in [1.54, 1.807) is 7.11 Å². The third-order valence-electron chi connectivity index (χ3n) is 7.69. The molecule has 0 spiro atoms. The molecule has 6 rings (SSSR count). The van der Waals surface area contributed by atoms with Crippen molar-refractivity contribution >= 4 is 29.1 Å². The van der Waals surface area contributed by atoms with Crippen LogP contribution in [-0.2, 0) is 6.54 Å². The minimum absolute atomic E-state index is 0. The van der Waals surface area contributed by atoms with E-state index < -0.39 is 0 Å². The number of aromatic nitrogens is 3. The van der Waals surface area contributed by atoms with Gasteiger partial charge in [-0.15, -0.1) is 12.4 Å². The van der Waals surface area contributed by atoms with E-state index in [2.05, 4.69) is 95.1 Å². The zero-order valence-corrected chi connectivity index (χ0v) is 24.4. The first-order chi connectivity index (χ1) is 19.0. The van der Waals surface area contributed by atoms with Crippen LogP contribution in [0.5, 0.6) is 5.75 Å². The van der Waals surface area contributed by atoms with Crippen molar-refractivity contribution in [1.82, 2.24) is 19.9 Å². The van der Waals surface area contributed by atoms with Gasteiger partial charge in [-0.25, -0.2) is 4.98 Å². The predicted octanol–water partition coefficient (Wildman–Crippen LogP) is 6.58. The maximum Gasteiger partial charge on any atom is 0.128 e. The lowest BCUT2D eigenvalue weighted by atomic mass is 10.0. The van der Waals surface area contributed by atoms with E-state index in [9.17, 15) is 0 Å². The fourth-order valence-electron chi connectivity index (χ4n) is 5.76. The normalized spacial score (nSPS) is 13.3. The molecule has 206 valence electrons. The second kappa shape index (κ2) is 11.7. The van der Waals surface area contributed by atoms with E-state index in [1.165, 1.54) is 38.9 Å². The van der Waals surface area contributed by atoms with Crippen LogP contribution in [-0.4, -0.2) is 47.8 Å². The number of nitrogens with one attached hydrogen (secondary N) is 1. The number of hydrogen-bond donors (Lipinski definition) is 1. The fraction of sp³-hybridized carbons (Fsp3) is 0.273. The van der Waals surface area contributed by atoms with E-state index in [0.29, 0.717) is 0 Å². The Bertz CT molecular complexity index is 1600. The average Bonchev–Trinajstić information content (AvgIpc) is 3.24. The molecule has 6 nitrogen and oxygen atoms in total. The highest BCUT2D eigenvalue weighted by atomic mass is 35.5. The number of pyridine rings is 2. The molecular weight excluding hydrogens is 518 g/mol.